The zero-order valence-corrected chi connectivity index (χ0v) is 18.0. The molecule has 34 heavy (non-hydrogen) atoms. The molecule has 3 aromatic rings. The fourth-order valence-corrected chi connectivity index (χ4v) is 3.62. The maximum Gasteiger partial charge on any atom is 0.336 e. The maximum atomic E-state index is 13.6. The van der Waals surface area contributed by atoms with Gasteiger partial charge in [0.15, 0.2) is 17.3 Å². The summed E-state index contributed by atoms with van der Waals surface area (Å²) in [6, 6.07) is 16.6. The van der Waals surface area contributed by atoms with Crippen molar-refractivity contribution in [2.24, 2.45) is 0 Å². The van der Waals surface area contributed by atoms with Gasteiger partial charge in [-0.05, 0) is 47.5 Å². The SMILES string of the molecule is COc1ccc(C(=O)/C(Cc2ccc([N+](=O)[O-])cc2)=C(\C(=O)O)c2ccc3c(c2)OCO3)cc1. The Hall–Kier alpha value is -4.66. The summed E-state index contributed by atoms with van der Waals surface area (Å²) in [4.78, 5) is 36.4. The smallest absolute Gasteiger partial charge is 0.336 e. The number of rotatable bonds is 8. The molecule has 0 atom stereocenters. The number of allylic oxidation sites excluding steroid dienone is 1. The molecular weight excluding hydrogens is 442 g/mol. The summed E-state index contributed by atoms with van der Waals surface area (Å²) in [7, 11) is 1.50. The molecule has 1 heterocycles. The van der Waals surface area contributed by atoms with E-state index in [1.54, 1.807) is 36.4 Å². The predicted octanol–water partition coefficient (Wildman–Crippen LogP) is 4.30. The summed E-state index contributed by atoms with van der Waals surface area (Å²) in [5, 5.41) is 21.1. The molecule has 0 amide bonds. The van der Waals surface area contributed by atoms with E-state index in [0.717, 1.165) is 0 Å². The average Bonchev–Trinajstić information content (AvgIpc) is 3.31. The summed E-state index contributed by atoms with van der Waals surface area (Å²) in [6.07, 6.45) is -0.0566. The van der Waals surface area contributed by atoms with Crippen LogP contribution in [0.1, 0.15) is 21.5 Å². The minimum absolute atomic E-state index is 0.0189. The predicted molar refractivity (Wildman–Crippen MR) is 121 cm³/mol. The fourth-order valence-electron chi connectivity index (χ4n) is 3.62. The van der Waals surface area contributed by atoms with Gasteiger partial charge in [-0.25, -0.2) is 4.79 Å². The van der Waals surface area contributed by atoms with Gasteiger partial charge in [-0.15, -0.1) is 0 Å². The van der Waals surface area contributed by atoms with Crippen molar-refractivity contribution in [2.75, 3.05) is 13.9 Å². The van der Waals surface area contributed by atoms with E-state index in [1.807, 2.05) is 0 Å². The quantitative estimate of drug-likeness (QED) is 0.228. The van der Waals surface area contributed by atoms with E-state index in [-0.39, 0.29) is 41.2 Å². The van der Waals surface area contributed by atoms with Gasteiger partial charge in [0.1, 0.15) is 5.75 Å². The number of nitro groups is 1. The number of hydrogen-bond donors (Lipinski definition) is 1. The fraction of sp³-hybridized carbons (Fsp3) is 0.120. The van der Waals surface area contributed by atoms with Crippen LogP contribution in [0.3, 0.4) is 0 Å². The third-order valence-electron chi connectivity index (χ3n) is 5.33. The molecule has 3 aromatic carbocycles. The first kappa shape index (κ1) is 22.5. The van der Waals surface area contributed by atoms with Crippen LogP contribution in [-0.2, 0) is 11.2 Å². The minimum atomic E-state index is -1.29. The monoisotopic (exact) mass is 461 g/mol. The van der Waals surface area contributed by atoms with Crippen LogP contribution in [0.25, 0.3) is 5.57 Å². The normalized spacial score (nSPS) is 12.6. The van der Waals surface area contributed by atoms with E-state index in [9.17, 15) is 24.8 Å². The highest BCUT2D eigenvalue weighted by molar-refractivity contribution is 6.26. The van der Waals surface area contributed by atoms with Crippen molar-refractivity contribution in [1.29, 1.82) is 0 Å². The Bertz CT molecular complexity index is 1290. The molecule has 0 aromatic heterocycles. The molecule has 0 fully saturated rings. The number of ketones is 1. The molecule has 0 unspecified atom stereocenters. The molecule has 1 aliphatic heterocycles. The summed E-state index contributed by atoms with van der Waals surface area (Å²) in [6.45, 7) is 0.0192. The first-order chi connectivity index (χ1) is 16.4. The number of benzene rings is 3. The van der Waals surface area contributed by atoms with E-state index in [0.29, 0.717) is 22.8 Å². The second-order valence-electron chi connectivity index (χ2n) is 7.38. The van der Waals surface area contributed by atoms with Crippen molar-refractivity contribution in [3.8, 4) is 17.2 Å². The Morgan fingerprint density at radius 1 is 0.971 bits per heavy atom. The molecule has 9 nitrogen and oxygen atoms in total. The van der Waals surface area contributed by atoms with Gasteiger partial charge in [0, 0.05) is 29.7 Å². The molecule has 1 N–H and O–H groups in total. The standard InChI is InChI=1S/C25H19NO8/c1-32-19-9-4-16(5-10-19)24(27)20(12-15-2-7-18(8-3-15)26(30)31)23(25(28)29)17-6-11-21-22(13-17)34-14-33-21/h2-11,13H,12,14H2,1H3,(H,28,29)/b23-20-. The minimum Gasteiger partial charge on any atom is -0.497 e. The third kappa shape index (κ3) is 4.58. The summed E-state index contributed by atoms with van der Waals surface area (Å²) in [5.41, 5.74) is 0.808. The second-order valence-corrected chi connectivity index (χ2v) is 7.38. The molecule has 0 bridgehead atoms. The van der Waals surface area contributed by atoms with E-state index in [1.165, 1.54) is 37.4 Å². The number of methoxy groups -OCH3 is 1. The number of Topliss-reactive ketones (excluding diaryl/α,β-unsaturated/α-hetero) is 1. The van der Waals surface area contributed by atoms with E-state index >= 15 is 0 Å². The molecule has 0 spiro atoms. The van der Waals surface area contributed by atoms with Crippen molar-refractivity contribution >= 4 is 23.0 Å². The van der Waals surface area contributed by atoms with Crippen molar-refractivity contribution in [2.45, 2.75) is 6.42 Å². The van der Waals surface area contributed by atoms with Gasteiger partial charge < -0.3 is 19.3 Å². The van der Waals surface area contributed by atoms with E-state index < -0.39 is 16.7 Å². The molecule has 0 aliphatic carbocycles. The average molecular weight is 461 g/mol. The lowest BCUT2D eigenvalue weighted by atomic mass is 9.89. The van der Waals surface area contributed by atoms with Gasteiger partial charge in [-0.2, -0.15) is 0 Å². The molecule has 1 aliphatic rings. The maximum absolute atomic E-state index is 13.6. The molecule has 9 heteroatoms. The van der Waals surface area contributed by atoms with Crippen molar-refractivity contribution in [3.63, 3.8) is 0 Å². The van der Waals surface area contributed by atoms with Gasteiger partial charge in [-0.3, -0.25) is 14.9 Å². The Balaban J connectivity index is 1.84. The van der Waals surface area contributed by atoms with Crippen LogP contribution in [0.5, 0.6) is 17.2 Å². The number of non-ortho nitro benzene ring substituents is 1. The van der Waals surface area contributed by atoms with Crippen LogP contribution in [0.4, 0.5) is 5.69 Å². The summed E-state index contributed by atoms with van der Waals surface area (Å²) in [5.74, 6) is -0.380. The van der Waals surface area contributed by atoms with Crippen LogP contribution in [0.2, 0.25) is 0 Å². The molecule has 4 rings (SSSR count). The Morgan fingerprint density at radius 3 is 2.24 bits per heavy atom. The first-order valence-corrected chi connectivity index (χ1v) is 10.2. The summed E-state index contributed by atoms with van der Waals surface area (Å²) >= 11 is 0. The topological polar surface area (TPSA) is 125 Å². The lowest BCUT2D eigenvalue weighted by Crippen LogP contribution is -2.14. The van der Waals surface area contributed by atoms with Crippen LogP contribution in [0, 0.1) is 10.1 Å². The van der Waals surface area contributed by atoms with Gasteiger partial charge in [-0.1, -0.05) is 18.2 Å². The number of ether oxygens (including phenoxy) is 3. The lowest BCUT2D eigenvalue weighted by Gasteiger charge is -2.14. The lowest BCUT2D eigenvalue weighted by molar-refractivity contribution is -0.384. The number of carbonyl (C=O) groups is 2. The highest BCUT2D eigenvalue weighted by Gasteiger charge is 2.26. The molecule has 0 saturated heterocycles. The molecule has 0 radical (unpaired) electrons. The largest absolute Gasteiger partial charge is 0.497 e. The van der Waals surface area contributed by atoms with E-state index in [4.69, 9.17) is 14.2 Å². The second kappa shape index (κ2) is 9.45. The first-order valence-electron chi connectivity index (χ1n) is 10.2. The molecule has 172 valence electrons. The Kier molecular flexibility index (Phi) is 6.26. The zero-order chi connectivity index (χ0) is 24.2. The summed E-state index contributed by atoms with van der Waals surface area (Å²) < 4.78 is 15.8. The number of carboxylic acid groups (broad SMARTS) is 1. The molecule has 0 saturated carbocycles. The van der Waals surface area contributed by atoms with Crippen molar-refractivity contribution < 1.29 is 33.8 Å². The van der Waals surface area contributed by atoms with E-state index in [2.05, 4.69) is 0 Å². The van der Waals surface area contributed by atoms with Crippen LogP contribution >= 0.6 is 0 Å². The van der Waals surface area contributed by atoms with Crippen LogP contribution in [0.15, 0.2) is 72.3 Å². The van der Waals surface area contributed by atoms with Gasteiger partial charge in [0.2, 0.25) is 6.79 Å². The zero-order valence-electron chi connectivity index (χ0n) is 18.0. The number of nitrogens with zero attached hydrogens (tertiary/aromatic N) is 1. The van der Waals surface area contributed by atoms with Crippen LogP contribution in [-0.4, -0.2) is 35.7 Å². The Labute approximate surface area is 194 Å². The Morgan fingerprint density at radius 2 is 1.62 bits per heavy atom. The third-order valence-corrected chi connectivity index (χ3v) is 5.33. The van der Waals surface area contributed by atoms with Gasteiger partial charge >= 0.3 is 5.97 Å². The van der Waals surface area contributed by atoms with Gasteiger partial charge in [0.05, 0.1) is 17.6 Å². The van der Waals surface area contributed by atoms with Crippen LogP contribution < -0.4 is 14.2 Å². The number of hydrogen-bond acceptors (Lipinski definition) is 7. The number of fused-ring (bicyclic) bond motifs is 1. The van der Waals surface area contributed by atoms with Gasteiger partial charge in [0.25, 0.3) is 5.69 Å². The highest BCUT2D eigenvalue weighted by atomic mass is 16.7. The number of carbonyl (C=O) groups excluding carboxylic acids is 1. The molecular formula is C25H19NO8. The number of aliphatic carboxylic acids is 1. The highest BCUT2D eigenvalue weighted by Crippen LogP contribution is 2.36. The van der Waals surface area contributed by atoms with Crippen molar-refractivity contribution in [1.82, 2.24) is 0 Å². The number of carboxylic acids is 1. The van der Waals surface area contributed by atoms with Crippen molar-refractivity contribution in [3.05, 3.63) is 99.1 Å². The number of nitro benzene ring substituents is 1.